The van der Waals surface area contributed by atoms with Gasteiger partial charge in [0.15, 0.2) is 12.2 Å². The summed E-state index contributed by atoms with van der Waals surface area (Å²) in [5, 5.41) is 10.6. The van der Waals surface area contributed by atoms with Crippen LogP contribution in [0.25, 0.3) is 0 Å². The van der Waals surface area contributed by atoms with Crippen molar-refractivity contribution < 1.29 is 80.2 Å². The van der Waals surface area contributed by atoms with Gasteiger partial charge in [-0.2, -0.15) is 0 Å². The van der Waals surface area contributed by atoms with Gasteiger partial charge in [0.05, 0.1) is 26.4 Å². The van der Waals surface area contributed by atoms with Crippen LogP contribution < -0.4 is 0 Å². The highest BCUT2D eigenvalue weighted by Gasteiger charge is 2.30. The molecule has 0 radical (unpaired) electrons. The lowest BCUT2D eigenvalue weighted by Crippen LogP contribution is -2.30. The van der Waals surface area contributed by atoms with E-state index in [1.807, 2.05) is 0 Å². The fourth-order valence-electron chi connectivity index (χ4n) is 12.5. The normalized spacial score (nSPS) is 13.8. The van der Waals surface area contributed by atoms with Crippen molar-refractivity contribution in [2.24, 2.45) is 0 Å². The number of hydrogen-bond acceptors (Lipinski definition) is 15. The number of phosphoric ester groups is 2. The Balaban J connectivity index is 5.19. The van der Waals surface area contributed by atoms with E-state index in [0.29, 0.717) is 25.7 Å². The molecule has 3 N–H and O–H groups in total. The first kappa shape index (κ1) is 97.1. The Labute approximate surface area is 607 Å². The third kappa shape index (κ3) is 74.1. The molecule has 17 nitrogen and oxygen atoms in total. The highest BCUT2D eigenvalue weighted by atomic mass is 31.2. The minimum absolute atomic E-state index is 0.109. The summed E-state index contributed by atoms with van der Waals surface area (Å²) in [5.74, 6) is -2.11. The smallest absolute Gasteiger partial charge is 0.462 e. The quantitative estimate of drug-likeness (QED) is 0.0222. The third-order valence-electron chi connectivity index (χ3n) is 18.9. The van der Waals surface area contributed by atoms with Gasteiger partial charge in [0, 0.05) is 25.7 Å². The van der Waals surface area contributed by atoms with E-state index in [4.69, 9.17) is 37.0 Å². The monoisotopic (exact) mass is 1450 g/mol. The van der Waals surface area contributed by atoms with Gasteiger partial charge in [0.25, 0.3) is 0 Å². The van der Waals surface area contributed by atoms with Crippen molar-refractivity contribution in [2.45, 2.75) is 451 Å². The fourth-order valence-corrected chi connectivity index (χ4v) is 14.0. The van der Waals surface area contributed by atoms with Crippen LogP contribution in [0.5, 0.6) is 0 Å². The molecule has 588 valence electrons. The van der Waals surface area contributed by atoms with Gasteiger partial charge in [-0.25, -0.2) is 9.13 Å². The van der Waals surface area contributed by atoms with Crippen LogP contribution in [-0.4, -0.2) is 96.7 Å². The number of phosphoric acid groups is 2. The average molecular weight is 1450 g/mol. The van der Waals surface area contributed by atoms with Crippen LogP contribution in [-0.2, 0) is 65.4 Å². The molecule has 0 amide bonds. The van der Waals surface area contributed by atoms with Crippen LogP contribution >= 0.6 is 15.6 Å². The minimum Gasteiger partial charge on any atom is -0.462 e. The summed E-state index contributed by atoms with van der Waals surface area (Å²) in [4.78, 5) is 72.9. The fraction of sp³-hybridized carbons (Fsp3) is 0.950. The van der Waals surface area contributed by atoms with Gasteiger partial charge in [0.1, 0.15) is 19.3 Å². The van der Waals surface area contributed by atoms with Gasteiger partial charge in [-0.1, -0.05) is 381 Å². The molecule has 0 aromatic rings. The maximum atomic E-state index is 13.1. The molecule has 0 aliphatic carbocycles. The van der Waals surface area contributed by atoms with Crippen LogP contribution in [0.2, 0.25) is 0 Å². The second kappa shape index (κ2) is 74.3. The van der Waals surface area contributed by atoms with Crippen molar-refractivity contribution >= 4 is 39.5 Å². The number of ether oxygens (including phenoxy) is 4. The molecule has 0 bridgehead atoms. The van der Waals surface area contributed by atoms with Gasteiger partial charge >= 0.3 is 39.5 Å². The van der Waals surface area contributed by atoms with Crippen LogP contribution in [0.4, 0.5) is 0 Å². The summed E-state index contributed by atoms with van der Waals surface area (Å²) in [6, 6.07) is 0. The van der Waals surface area contributed by atoms with E-state index in [1.165, 1.54) is 263 Å². The van der Waals surface area contributed by atoms with E-state index < -0.39 is 97.5 Å². The van der Waals surface area contributed by atoms with Crippen LogP contribution in [0, 0.1) is 0 Å². The molecule has 0 rings (SSSR count). The number of carbonyl (C=O) groups is 4. The Morgan fingerprint density at radius 2 is 0.404 bits per heavy atom. The second-order valence-corrected chi connectivity index (χ2v) is 31.7. The first-order chi connectivity index (χ1) is 48.2. The molecule has 0 aliphatic heterocycles. The van der Waals surface area contributed by atoms with Crippen molar-refractivity contribution in [3.05, 3.63) is 0 Å². The molecule has 0 saturated carbocycles. The van der Waals surface area contributed by atoms with E-state index >= 15 is 0 Å². The maximum absolute atomic E-state index is 13.1. The Morgan fingerprint density at radius 1 is 0.242 bits per heavy atom. The Bertz CT molecular complexity index is 1880. The first-order valence-electron chi connectivity index (χ1n) is 41.8. The summed E-state index contributed by atoms with van der Waals surface area (Å²) >= 11 is 0. The highest BCUT2D eigenvalue weighted by molar-refractivity contribution is 7.47. The Morgan fingerprint density at radius 3 is 0.596 bits per heavy atom. The van der Waals surface area contributed by atoms with E-state index in [2.05, 4.69) is 27.7 Å². The van der Waals surface area contributed by atoms with E-state index in [9.17, 15) is 43.2 Å². The van der Waals surface area contributed by atoms with E-state index in [0.717, 1.165) is 89.9 Å². The predicted octanol–water partition coefficient (Wildman–Crippen LogP) is 24.2. The highest BCUT2D eigenvalue weighted by Crippen LogP contribution is 2.45. The number of esters is 4. The summed E-state index contributed by atoms with van der Waals surface area (Å²) in [6.07, 6.45) is 66.6. The lowest BCUT2D eigenvalue weighted by atomic mass is 10.0. The number of aliphatic hydroxyl groups is 1. The molecule has 0 spiro atoms. The van der Waals surface area contributed by atoms with Crippen LogP contribution in [0.1, 0.15) is 432 Å². The van der Waals surface area contributed by atoms with Crippen molar-refractivity contribution in [2.75, 3.05) is 39.6 Å². The topological polar surface area (TPSA) is 237 Å². The first-order valence-corrected chi connectivity index (χ1v) is 44.8. The lowest BCUT2D eigenvalue weighted by molar-refractivity contribution is -0.161. The van der Waals surface area contributed by atoms with Gasteiger partial charge in [-0.15, -0.1) is 0 Å². The number of rotatable bonds is 81. The van der Waals surface area contributed by atoms with Crippen molar-refractivity contribution in [1.82, 2.24) is 0 Å². The van der Waals surface area contributed by atoms with Gasteiger partial charge in [0.2, 0.25) is 0 Å². The molecule has 99 heavy (non-hydrogen) atoms. The zero-order chi connectivity index (χ0) is 72.5. The average Bonchev–Trinajstić information content (AvgIpc) is 0.966. The molecule has 19 heteroatoms. The zero-order valence-corrected chi connectivity index (χ0v) is 66.3. The Kier molecular flexibility index (Phi) is 72.9. The molecule has 0 heterocycles. The van der Waals surface area contributed by atoms with Crippen LogP contribution in [0.15, 0.2) is 0 Å². The van der Waals surface area contributed by atoms with Crippen molar-refractivity contribution in [1.29, 1.82) is 0 Å². The van der Waals surface area contributed by atoms with Gasteiger partial charge in [-0.05, 0) is 25.7 Å². The maximum Gasteiger partial charge on any atom is 0.472 e. The lowest BCUT2D eigenvalue weighted by Gasteiger charge is -2.21. The van der Waals surface area contributed by atoms with E-state index in [-0.39, 0.29) is 25.7 Å². The summed E-state index contributed by atoms with van der Waals surface area (Å²) in [7, 11) is -9.91. The van der Waals surface area contributed by atoms with Crippen molar-refractivity contribution in [3.8, 4) is 0 Å². The molecule has 0 aromatic heterocycles. The van der Waals surface area contributed by atoms with Gasteiger partial charge in [-0.3, -0.25) is 37.3 Å². The summed E-state index contributed by atoms with van der Waals surface area (Å²) in [6.45, 7) is 5.01. The standard InChI is InChI=1S/C80H156O17P2/c1-5-9-13-17-21-25-29-32-33-34-35-36-37-38-39-40-43-47-51-55-59-63-67-80(85)97-76(71-91-78(83)65-61-57-53-49-45-41-30-26-22-18-14-10-6-2)73-95-99(88,89)93-69-74(81)68-92-98(86,87)94-72-75(70-90-77(82)64-60-56-52-48-44-28-24-20-16-12-8-4)96-79(84)66-62-58-54-50-46-42-31-27-23-19-15-11-7-3/h74-76,81H,5-73H2,1-4H3,(H,86,87)(H,88,89)/t74-,75+,76+/m0/s1. The molecule has 5 atom stereocenters. The molecule has 2 unspecified atom stereocenters. The predicted molar refractivity (Wildman–Crippen MR) is 405 cm³/mol. The number of aliphatic hydroxyl groups excluding tert-OH is 1. The molecular weight excluding hydrogens is 1290 g/mol. The minimum atomic E-state index is -4.96. The molecule has 0 aliphatic rings. The Hall–Kier alpha value is -1.94. The largest absolute Gasteiger partial charge is 0.472 e. The molecule has 0 saturated heterocycles. The third-order valence-corrected chi connectivity index (χ3v) is 20.8. The number of hydrogen-bond donors (Lipinski definition) is 3. The summed E-state index contributed by atoms with van der Waals surface area (Å²) in [5.41, 5.74) is 0. The second-order valence-electron chi connectivity index (χ2n) is 28.8. The zero-order valence-electron chi connectivity index (χ0n) is 64.5. The number of carbonyl (C=O) groups excluding carboxylic acids is 4. The molecule has 0 fully saturated rings. The molecular formula is C80H156O17P2. The SMILES string of the molecule is CCCCCCCCCCCCCCCCCCCCCCCCC(=O)O[C@H](COC(=O)CCCCCCCCCCCCCCC)COP(=O)(O)OC[C@@H](O)COP(=O)(O)OC[C@@H](COC(=O)CCCCCCCCCCCCC)OC(=O)CCCCCCCCCCCCCCC. The van der Waals surface area contributed by atoms with Gasteiger partial charge < -0.3 is 33.8 Å². The van der Waals surface area contributed by atoms with Crippen LogP contribution in [0.3, 0.4) is 0 Å². The molecule has 0 aromatic carbocycles. The van der Waals surface area contributed by atoms with E-state index in [1.54, 1.807) is 0 Å². The van der Waals surface area contributed by atoms with Crippen molar-refractivity contribution in [3.63, 3.8) is 0 Å². The number of unbranched alkanes of at least 4 members (excludes halogenated alkanes) is 55. The summed E-state index contributed by atoms with van der Waals surface area (Å²) < 4.78 is 68.7.